The molecule has 0 aliphatic carbocycles. The summed E-state index contributed by atoms with van der Waals surface area (Å²) >= 11 is 0. The molecule has 0 atom stereocenters. The molecule has 1 rings (SSSR count). The number of ether oxygens (including phenoxy) is 1. The maximum atomic E-state index is 11.5. The van der Waals surface area contributed by atoms with E-state index in [1.807, 2.05) is 11.9 Å². The lowest BCUT2D eigenvalue weighted by Gasteiger charge is -2.32. The van der Waals surface area contributed by atoms with Crippen molar-refractivity contribution in [2.24, 2.45) is 4.99 Å². The highest BCUT2D eigenvalue weighted by atomic mass is 16.5. The molecule has 6 nitrogen and oxygen atoms in total. The number of rotatable bonds is 4. The SMILES string of the molecule is CN(C)C(=O)/C=C/C(=N\C=N)N(C)C1CCOCC1. The van der Waals surface area contributed by atoms with Gasteiger partial charge in [-0.15, -0.1) is 0 Å². The van der Waals surface area contributed by atoms with Crippen molar-refractivity contribution in [3.05, 3.63) is 12.2 Å². The van der Waals surface area contributed by atoms with Gasteiger partial charge < -0.3 is 14.5 Å². The minimum atomic E-state index is -0.0990. The summed E-state index contributed by atoms with van der Waals surface area (Å²) < 4.78 is 5.33. The number of carbonyl (C=O) groups excluding carboxylic acids is 1. The van der Waals surface area contributed by atoms with Gasteiger partial charge in [0.15, 0.2) is 0 Å². The third-order valence-electron chi connectivity index (χ3n) is 3.11. The predicted molar refractivity (Wildman–Crippen MR) is 75.7 cm³/mol. The van der Waals surface area contributed by atoms with Crippen LogP contribution in [-0.4, -0.2) is 68.3 Å². The van der Waals surface area contributed by atoms with E-state index >= 15 is 0 Å². The predicted octanol–water partition coefficient (Wildman–Crippen LogP) is 0.747. The van der Waals surface area contributed by atoms with E-state index in [2.05, 4.69) is 4.99 Å². The zero-order valence-electron chi connectivity index (χ0n) is 11.8. The molecule has 0 aromatic heterocycles. The minimum absolute atomic E-state index is 0.0990. The molecule has 19 heavy (non-hydrogen) atoms. The Morgan fingerprint density at radius 3 is 2.42 bits per heavy atom. The average Bonchev–Trinajstić information content (AvgIpc) is 2.43. The Morgan fingerprint density at radius 2 is 1.89 bits per heavy atom. The lowest BCUT2D eigenvalue weighted by atomic mass is 10.1. The molecule has 6 heteroatoms. The number of amidine groups is 1. The maximum absolute atomic E-state index is 11.5. The van der Waals surface area contributed by atoms with Gasteiger partial charge in [0.05, 0.1) is 0 Å². The molecule has 1 amide bonds. The lowest BCUT2D eigenvalue weighted by Crippen LogP contribution is -2.40. The Balaban J connectivity index is 2.73. The van der Waals surface area contributed by atoms with E-state index in [-0.39, 0.29) is 5.91 Å². The Morgan fingerprint density at radius 1 is 1.26 bits per heavy atom. The molecule has 0 radical (unpaired) electrons. The fourth-order valence-corrected chi connectivity index (χ4v) is 1.87. The third kappa shape index (κ3) is 4.82. The summed E-state index contributed by atoms with van der Waals surface area (Å²) in [6, 6.07) is 0.339. The molecule has 0 bridgehead atoms. The highest BCUT2D eigenvalue weighted by Gasteiger charge is 2.20. The fraction of sp³-hybridized carbons (Fsp3) is 0.615. The zero-order valence-corrected chi connectivity index (χ0v) is 11.8. The quantitative estimate of drug-likeness (QED) is 0.464. The first-order valence-electron chi connectivity index (χ1n) is 6.33. The van der Waals surface area contributed by atoms with Crippen LogP contribution in [0.25, 0.3) is 0 Å². The highest BCUT2D eigenvalue weighted by molar-refractivity contribution is 6.01. The van der Waals surface area contributed by atoms with Crippen LogP contribution < -0.4 is 0 Å². The zero-order chi connectivity index (χ0) is 14.3. The Hall–Kier alpha value is -1.69. The van der Waals surface area contributed by atoms with Gasteiger partial charge in [0.25, 0.3) is 0 Å². The summed E-state index contributed by atoms with van der Waals surface area (Å²) in [7, 11) is 5.33. The monoisotopic (exact) mass is 266 g/mol. The number of amides is 1. The molecule has 0 unspecified atom stereocenters. The van der Waals surface area contributed by atoms with Crippen molar-refractivity contribution in [1.29, 1.82) is 5.41 Å². The van der Waals surface area contributed by atoms with Gasteiger partial charge in [0.1, 0.15) is 12.2 Å². The van der Waals surface area contributed by atoms with Gasteiger partial charge in [-0.2, -0.15) is 0 Å². The van der Waals surface area contributed by atoms with Crippen molar-refractivity contribution >= 4 is 18.1 Å². The van der Waals surface area contributed by atoms with Gasteiger partial charge in [-0.3, -0.25) is 10.2 Å². The second kappa shape index (κ2) is 7.68. The highest BCUT2D eigenvalue weighted by Crippen LogP contribution is 2.13. The van der Waals surface area contributed by atoms with Crippen molar-refractivity contribution < 1.29 is 9.53 Å². The first kappa shape index (κ1) is 15.4. The summed E-state index contributed by atoms with van der Waals surface area (Å²) in [5.74, 6) is 0.523. The summed E-state index contributed by atoms with van der Waals surface area (Å²) in [5.41, 5.74) is 0. The van der Waals surface area contributed by atoms with Crippen LogP contribution in [0, 0.1) is 5.41 Å². The fourth-order valence-electron chi connectivity index (χ4n) is 1.87. The first-order chi connectivity index (χ1) is 9.06. The minimum Gasteiger partial charge on any atom is -0.381 e. The smallest absolute Gasteiger partial charge is 0.246 e. The standard InChI is InChI=1S/C13H22N4O2/c1-16(2)13(18)5-4-12(15-10-14)17(3)11-6-8-19-9-7-11/h4-5,10-11,14H,6-9H2,1-3H3/b5-4+,14-10?,15-12+. The molecule has 1 aliphatic heterocycles. The van der Waals surface area contributed by atoms with Gasteiger partial charge >= 0.3 is 0 Å². The van der Waals surface area contributed by atoms with Crippen LogP contribution >= 0.6 is 0 Å². The number of nitrogens with one attached hydrogen (secondary N) is 1. The van der Waals surface area contributed by atoms with Crippen molar-refractivity contribution in [3.8, 4) is 0 Å². The number of aliphatic imine (C=N–C) groups is 1. The number of likely N-dealkylation sites (N-methyl/N-ethyl adjacent to an activating group) is 2. The number of carbonyl (C=O) groups is 1. The van der Waals surface area contributed by atoms with Crippen molar-refractivity contribution in [1.82, 2.24) is 9.80 Å². The Kier molecular flexibility index (Phi) is 6.21. The van der Waals surface area contributed by atoms with Crippen molar-refractivity contribution in [3.63, 3.8) is 0 Å². The second-order valence-corrected chi connectivity index (χ2v) is 4.64. The second-order valence-electron chi connectivity index (χ2n) is 4.64. The molecule has 0 spiro atoms. The van der Waals surface area contributed by atoms with E-state index in [4.69, 9.17) is 10.1 Å². The largest absolute Gasteiger partial charge is 0.381 e. The third-order valence-corrected chi connectivity index (χ3v) is 3.11. The Bertz CT molecular complexity index is 371. The van der Waals surface area contributed by atoms with E-state index in [1.165, 1.54) is 11.0 Å². The number of nitrogens with zero attached hydrogens (tertiary/aromatic N) is 3. The molecule has 0 aromatic rings. The van der Waals surface area contributed by atoms with Crippen molar-refractivity contribution in [2.45, 2.75) is 18.9 Å². The van der Waals surface area contributed by atoms with Crippen LogP contribution in [0.5, 0.6) is 0 Å². The van der Waals surface area contributed by atoms with Gasteiger partial charge in [-0.1, -0.05) is 0 Å². The van der Waals surface area contributed by atoms with Gasteiger partial charge in [0.2, 0.25) is 5.91 Å². The average molecular weight is 266 g/mol. The lowest BCUT2D eigenvalue weighted by molar-refractivity contribution is -0.123. The van der Waals surface area contributed by atoms with Crippen LogP contribution in [-0.2, 0) is 9.53 Å². The van der Waals surface area contributed by atoms with Crippen LogP contribution in [0.3, 0.4) is 0 Å². The molecule has 0 aromatic carbocycles. The van der Waals surface area contributed by atoms with E-state index in [0.29, 0.717) is 11.9 Å². The topological polar surface area (TPSA) is 69.0 Å². The summed E-state index contributed by atoms with van der Waals surface area (Å²) in [5, 5.41) is 7.12. The normalized spacial score (nSPS) is 17.5. The van der Waals surface area contributed by atoms with Gasteiger partial charge in [-0.05, 0) is 18.9 Å². The van der Waals surface area contributed by atoms with E-state index in [0.717, 1.165) is 32.4 Å². The molecule has 1 saturated heterocycles. The summed E-state index contributed by atoms with van der Waals surface area (Å²) in [6.45, 7) is 1.49. The molecular formula is C13H22N4O2. The molecular weight excluding hydrogens is 244 g/mol. The summed E-state index contributed by atoms with van der Waals surface area (Å²) in [4.78, 5) is 19.1. The Labute approximate surface area is 114 Å². The van der Waals surface area contributed by atoms with Crippen molar-refractivity contribution in [2.75, 3.05) is 34.4 Å². The van der Waals surface area contributed by atoms with Crippen LogP contribution in [0.2, 0.25) is 0 Å². The van der Waals surface area contributed by atoms with Crippen LogP contribution in [0.1, 0.15) is 12.8 Å². The first-order valence-corrected chi connectivity index (χ1v) is 6.33. The maximum Gasteiger partial charge on any atom is 0.246 e. The van der Waals surface area contributed by atoms with Crippen LogP contribution in [0.4, 0.5) is 0 Å². The molecule has 1 aliphatic rings. The molecule has 0 saturated carbocycles. The molecule has 1 fully saturated rings. The molecule has 1 heterocycles. The summed E-state index contributed by atoms with van der Waals surface area (Å²) in [6.07, 6.45) is 5.99. The van der Waals surface area contributed by atoms with Gasteiger partial charge in [0, 0.05) is 46.5 Å². The van der Waals surface area contributed by atoms with Gasteiger partial charge in [-0.25, -0.2) is 4.99 Å². The number of hydrogen-bond acceptors (Lipinski definition) is 3. The molecule has 1 N–H and O–H groups in total. The van der Waals surface area contributed by atoms with E-state index in [1.54, 1.807) is 20.2 Å². The van der Waals surface area contributed by atoms with E-state index < -0.39 is 0 Å². The molecule has 106 valence electrons. The van der Waals surface area contributed by atoms with Crippen LogP contribution in [0.15, 0.2) is 17.1 Å². The number of hydrogen-bond donors (Lipinski definition) is 1. The van der Waals surface area contributed by atoms with E-state index in [9.17, 15) is 4.79 Å².